The van der Waals surface area contributed by atoms with Gasteiger partial charge in [0.15, 0.2) is 0 Å². The Hall–Kier alpha value is -2.83. The van der Waals surface area contributed by atoms with Crippen molar-refractivity contribution in [2.45, 2.75) is 63.8 Å². The molecule has 3 aliphatic rings. The lowest BCUT2D eigenvalue weighted by molar-refractivity contribution is -0.134. The first-order valence-electron chi connectivity index (χ1n) is 10.6. The molecule has 4 amide bonds. The van der Waals surface area contributed by atoms with Crippen LogP contribution in [0.25, 0.3) is 10.9 Å². The second kappa shape index (κ2) is 6.61. The number of rotatable bonds is 2. The number of aromatic nitrogens is 1. The fourth-order valence-corrected chi connectivity index (χ4v) is 5.11. The van der Waals surface area contributed by atoms with Gasteiger partial charge in [-0.2, -0.15) is 5.01 Å². The lowest BCUT2D eigenvalue weighted by Crippen LogP contribution is -2.50. The molecular weight excluding hydrogens is 368 g/mol. The minimum absolute atomic E-state index is 0.343. The van der Waals surface area contributed by atoms with E-state index in [-0.39, 0.29) is 5.91 Å². The van der Waals surface area contributed by atoms with E-state index in [1.807, 2.05) is 12.1 Å². The van der Waals surface area contributed by atoms with E-state index in [0.717, 1.165) is 48.0 Å². The summed E-state index contributed by atoms with van der Waals surface area (Å²) in [5.41, 5.74) is 5.70. The molecule has 1 atom stereocenters. The molecule has 5 rings (SSSR count). The first-order valence-corrected chi connectivity index (χ1v) is 10.6. The van der Waals surface area contributed by atoms with Gasteiger partial charge in [-0.15, -0.1) is 0 Å². The zero-order chi connectivity index (χ0) is 20.2. The molecule has 152 valence electrons. The van der Waals surface area contributed by atoms with Crippen molar-refractivity contribution in [3.63, 3.8) is 0 Å². The molecule has 2 heterocycles. The number of aryl methyl sites for hydroxylation is 1. The van der Waals surface area contributed by atoms with Crippen LogP contribution in [0.1, 0.15) is 67.1 Å². The number of hydrogen-bond acceptors (Lipinski definition) is 3. The molecule has 7 nitrogen and oxygen atoms in total. The summed E-state index contributed by atoms with van der Waals surface area (Å²) in [6.07, 6.45) is 7.32. The van der Waals surface area contributed by atoms with Gasteiger partial charge in [0.25, 0.3) is 11.8 Å². The Labute approximate surface area is 169 Å². The summed E-state index contributed by atoms with van der Waals surface area (Å²) in [6, 6.07) is 4.96. The number of imide groups is 1. The smallest absolute Gasteiger partial charge is 0.344 e. The number of nitrogens with one attached hydrogen (secondary N) is 3. The van der Waals surface area contributed by atoms with Crippen LogP contribution in [0, 0.1) is 5.92 Å². The van der Waals surface area contributed by atoms with Gasteiger partial charge in [-0.25, -0.2) is 4.79 Å². The topological polar surface area (TPSA) is 94.3 Å². The molecule has 1 saturated heterocycles. The van der Waals surface area contributed by atoms with Crippen LogP contribution in [0.4, 0.5) is 4.79 Å². The number of H-pyrrole nitrogens is 1. The Balaban J connectivity index is 1.39. The minimum Gasteiger partial charge on any atom is -0.358 e. The van der Waals surface area contributed by atoms with E-state index >= 15 is 0 Å². The van der Waals surface area contributed by atoms with Gasteiger partial charge in [-0.1, -0.05) is 26.2 Å². The van der Waals surface area contributed by atoms with Crippen LogP contribution in [-0.2, 0) is 17.6 Å². The summed E-state index contributed by atoms with van der Waals surface area (Å²) in [6.45, 7) is 2.25. The number of aromatic amines is 1. The Bertz CT molecular complexity index is 1020. The number of hydrazine groups is 1. The Morgan fingerprint density at radius 1 is 1.21 bits per heavy atom. The lowest BCUT2D eigenvalue weighted by atomic mass is 9.82. The number of carbonyl (C=O) groups excluding carboxylic acids is 3. The number of fused-ring (bicyclic) bond motifs is 3. The van der Waals surface area contributed by atoms with E-state index in [9.17, 15) is 14.4 Å². The average Bonchev–Trinajstić information content (AvgIpc) is 3.18. The molecule has 7 heteroatoms. The van der Waals surface area contributed by atoms with Crippen molar-refractivity contribution in [2.75, 3.05) is 0 Å². The van der Waals surface area contributed by atoms with Crippen molar-refractivity contribution in [2.24, 2.45) is 5.92 Å². The number of nitrogens with zero attached hydrogens (tertiary/aromatic N) is 1. The van der Waals surface area contributed by atoms with E-state index in [1.54, 1.807) is 6.07 Å². The van der Waals surface area contributed by atoms with Gasteiger partial charge in [0.1, 0.15) is 5.54 Å². The number of carbonyl (C=O) groups is 3. The second-order valence-corrected chi connectivity index (χ2v) is 8.84. The van der Waals surface area contributed by atoms with Crippen LogP contribution >= 0.6 is 0 Å². The SMILES string of the molecule is CC1CCc2[nH]c3ccc(C(=O)NN4C(=O)NC5(CCCCC5)C4=O)cc3c2C1. The lowest BCUT2D eigenvalue weighted by Gasteiger charge is -2.30. The molecular formula is C22H26N4O3. The van der Waals surface area contributed by atoms with Crippen LogP contribution in [0.2, 0.25) is 0 Å². The highest BCUT2D eigenvalue weighted by atomic mass is 16.2. The molecule has 1 unspecified atom stereocenters. The quantitative estimate of drug-likeness (QED) is 0.683. The van der Waals surface area contributed by atoms with Crippen molar-refractivity contribution in [3.05, 3.63) is 35.0 Å². The molecule has 1 aliphatic heterocycles. The Morgan fingerprint density at radius 3 is 2.79 bits per heavy atom. The summed E-state index contributed by atoms with van der Waals surface area (Å²) in [7, 11) is 0. The summed E-state index contributed by atoms with van der Waals surface area (Å²) in [4.78, 5) is 41.6. The zero-order valence-corrected chi connectivity index (χ0v) is 16.6. The largest absolute Gasteiger partial charge is 0.358 e. The highest BCUT2D eigenvalue weighted by Gasteiger charge is 2.52. The van der Waals surface area contributed by atoms with E-state index in [0.29, 0.717) is 24.3 Å². The van der Waals surface area contributed by atoms with Crippen LogP contribution in [-0.4, -0.2) is 33.4 Å². The molecule has 1 saturated carbocycles. The average molecular weight is 394 g/mol. The number of amides is 4. The summed E-state index contributed by atoms with van der Waals surface area (Å²) >= 11 is 0. The van der Waals surface area contributed by atoms with Crippen LogP contribution in [0.5, 0.6) is 0 Å². The van der Waals surface area contributed by atoms with Gasteiger partial charge in [0.2, 0.25) is 0 Å². The van der Waals surface area contributed by atoms with E-state index in [2.05, 4.69) is 22.7 Å². The van der Waals surface area contributed by atoms with Crippen molar-refractivity contribution in [3.8, 4) is 0 Å². The summed E-state index contributed by atoms with van der Waals surface area (Å²) < 4.78 is 0. The van der Waals surface area contributed by atoms with E-state index in [4.69, 9.17) is 0 Å². The molecule has 0 bridgehead atoms. The zero-order valence-electron chi connectivity index (χ0n) is 16.6. The maximum absolute atomic E-state index is 12.9. The van der Waals surface area contributed by atoms with E-state index in [1.165, 1.54) is 17.7 Å². The normalized spacial score (nSPS) is 23.3. The fourth-order valence-electron chi connectivity index (χ4n) is 5.11. The Morgan fingerprint density at radius 2 is 2.00 bits per heavy atom. The summed E-state index contributed by atoms with van der Waals surface area (Å²) in [5, 5.41) is 4.74. The van der Waals surface area contributed by atoms with Crippen molar-refractivity contribution >= 4 is 28.7 Å². The van der Waals surface area contributed by atoms with Gasteiger partial charge in [0.05, 0.1) is 0 Å². The predicted molar refractivity (Wildman–Crippen MR) is 108 cm³/mol. The second-order valence-electron chi connectivity index (χ2n) is 8.84. The van der Waals surface area contributed by atoms with Gasteiger partial charge in [0, 0.05) is 22.2 Å². The predicted octanol–water partition coefficient (Wildman–Crippen LogP) is 3.19. The third-order valence-corrected chi connectivity index (χ3v) is 6.78. The number of benzene rings is 1. The molecule has 2 aliphatic carbocycles. The number of urea groups is 1. The molecule has 1 aromatic carbocycles. The minimum atomic E-state index is -0.845. The highest BCUT2D eigenvalue weighted by molar-refractivity contribution is 6.09. The van der Waals surface area contributed by atoms with Gasteiger partial charge in [-0.3, -0.25) is 15.0 Å². The molecule has 2 fully saturated rings. The van der Waals surface area contributed by atoms with Crippen molar-refractivity contribution in [1.82, 2.24) is 20.7 Å². The first-order chi connectivity index (χ1) is 14.0. The highest BCUT2D eigenvalue weighted by Crippen LogP contribution is 2.34. The van der Waals surface area contributed by atoms with Gasteiger partial charge in [-0.05, 0) is 61.8 Å². The maximum atomic E-state index is 12.9. The fraction of sp³-hybridized carbons (Fsp3) is 0.500. The third kappa shape index (κ3) is 2.91. The maximum Gasteiger partial charge on any atom is 0.344 e. The van der Waals surface area contributed by atoms with Gasteiger partial charge >= 0.3 is 6.03 Å². The standard InChI is InChI=1S/C22H26N4O3/c1-13-5-7-17-15(11-13)16-12-14(6-8-18(16)23-17)19(27)25-26-20(28)22(24-21(26)29)9-3-2-4-10-22/h6,8,12-13,23H,2-5,7,9-11H2,1H3,(H,24,29)(H,25,27). The van der Waals surface area contributed by atoms with Crippen molar-refractivity contribution < 1.29 is 14.4 Å². The Kier molecular flexibility index (Phi) is 4.15. The van der Waals surface area contributed by atoms with Crippen LogP contribution in [0.3, 0.4) is 0 Å². The van der Waals surface area contributed by atoms with Crippen LogP contribution in [0.15, 0.2) is 18.2 Å². The third-order valence-electron chi connectivity index (χ3n) is 6.78. The molecule has 29 heavy (non-hydrogen) atoms. The molecule has 1 aromatic heterocycles. The first kappa shape index (κ1) is 18.2. The molecule has 0 radical (unpaired) electrons. The molecule has 2 aromatic rings. The van der Waals surface area contributed by atoms with Crippen LogP contribution < -0.4 is 10.7 Å². The monoisotopic (exact) mass is 394 g/mol. The van der Waals surface area contributed by atoms with Crippen molar-refractivity contribution in [1.29, 1.82) is 0 Å². The summed E-state index contributed by atoms with van der Waals surface area (Å²) in [5.74, 6) is -0.164. The van der Waals surface area contributed by atoms with E-state index < -0.39 is 17.5 Å². The molecule has 1 spiro atoms. The van der Waals surface area contributed by atoms with Gasteiger partial charge < -0.3 is 10.3 Å². The number of hydrogen-bond donors (Lipinski definition) is 3. The molecule has 3 N–H and O–H groups in total.